The van der Waals surface area contributed by atoms with Gasteiger partial charge in [-0.3, -0.25) is 9.36 Å². The molecular formula is C21H24N4O4S. The van der Waals surface area contributed by atoms with E-state index in [1.54, 1.807) is 6.07 Å². The van der Waals surface area contributed by atoms with Crippen LogP contribution in [0.4, 0.5) is 0 Å². The number of aryl methyl sites for hydroxylation is 1. The van der Waals surface area contributed by atoms with Gasteiger partial charge < -0.3 is 10.3 Å². The molecule has 1 aliphatic heterocycles. The van der Waals surface area contributed by atoms with Crippen LogP contribution in [-0.2, 0) is 27.9 Å². The van der Waals surface area contributed by atoms with Crippen molar-refractivity contribution in [3.8, 4) is 0 Å². The number of H-pyrrole nitrogens is 1. The van der Waals surface area contributed by atoms with Gasteiger partial charge in [0.1, 0.15) is 0 Å². The molecule has 2 aromatic carbocycles. The van der Waals surface area contributed by atoms with Gasteiger partial charge in [0.05, 0.1) is 15.9 Å². The van der Waals surface area contributed by atoms with E-state index in [2.05, 4.69) is 10.3 Å². The second-order valence-electron chi connectivity index (χ2n) is 7.38. The maximum atomic E-state index is 12.7. The molecule has 2 heterocycles. The van der Waals surface area contributed by atoms with Crippen LogP contribution in [0.15, 0.2) is 58.2 Å². The van der Waals surface area contributed by atoms with Gasteiger partial charge in [0.2, 0.25) is 15.9 Å². The molecule has 3 aromatic rings. The van der Waals surface area contributed by atoms with Gasteiger partial charge in [-0.2, -0.15) is 4.31 Å². The topological polar surface area (TPSA) is 104 Å². The predicted octanol–water partition coefficient (Wildman–Crippen LogP) is 1.82. The first-order valence-electron chi connectivity index (χ1n) is 9.98. The van der Waals surface area contributed by atoms with Gasteiger partial charge in [0, 0.05) is 32.6 Å². The number of benzene rings is 2. The molecule has 9 heteroatoms. The summed E-state index contributed by atoms with van der Waals surface area (Å²) < 4.78 is 28.4. The Morgan fingerprint density at radius 3 is 2.53 bits per heavy atom. The zero-order valence-corrected chi connectivity index (χ0v) is 17.3. The number of rotatable bonds is 7. The highest BCUT2D eigenvalue weighted by Gasteiger charge is 2.27. The molecule has 0 aliphatic carbocycles. The average Bonchev–Trinajstić information content (AvgIpc) is 3.39. The van der Waals surface area contributed by atoms with Crippen molar-refractivity contribution in [1.29, 1.82) is 0 Å². The number of imidazole rings is 1. The second-order valence-corrected chi connectivity index (χ2v) is 9.32. The maximum absolute atomic E-state index is 12.7. The van der Waals surface area contributed by atoms with E-state index in [1.165, 1.54) is 21.0 Å². The molecule has 0 spiro atoms. The Hall–Kier alpha value is -2.91. The SMILES string of the molecule is O=C(CCn1c(=O)[nH]c2cc(S(=O)(=O)N3CCCC3)ccc21)NCc1ccccc1. The number of carbonyl (C=O) groups excluding carboxylic acids is 1. The first-order chi connectivity index (χ1) is 14.4. The number of carbonyl (C=O) groups is 1. The van der Waals surface area contributed by atoms with E-state index >= 15 is 0 Å². The highest BCUT2D eigenvalue weighted by Crippen LogP contribution is 2.23. The molecule has 1 amide bonds. The van der Waals surface area contributed by atoms with Crippen LogP contribution in [0.5, 0.6) is 0 Å². The van der Waals surface area contributed by atoms with Gasteiger partial charge in [-0.15, -0.1) is 0 Å². The summed E-state index contributed by atoms with van der Waals surface area (Å²) in [4.78, 5) is 27.4. The Bertz CT molecular complexity index is 1210. The zero-order valence-electron chi connectivity index (χ0n) is 16.5. The minimum Gasteiger partial charge on any atom is -0.352 e. The lowest BCUT2D eigenvalue weighted by Gasteiger charge is -2.15. The second kappa shape index (κ2) is 8.45. The molecule has 0 bridgehead atoms. The molecule has 2 N–H and O–H groups in total. The first kappa shape index (κ1) is 20.4. The number of hydrogen-bond acceptors (Lipinski definition) is 4. The van der Waals surface area contributed by atoms with Gasteiger partial charge in [0.25, 0.3) is 0 Å². The standard InChI is InChI=1S/C21H24N4O4S/c26-20(22-15-16-6-2-1-3-7-16)10-13-25-19-9-8-17(14-18(19)23-21(25)27)30(28,29)24-11-4-5-12-24/h1-3,6-9,14H,4-5,10-13,15H2,(H,22,26)(H,23,27). The van der Waals surface area contributed by atoms with E-state index in [0.717, 1.165) is 18.4 Å². The van der Waals surface area contributed by atoms with Crippen LogP contribution in [0.1, 0.15) is 24.8 Å². The number of nitrogens with zero attached hydrogens (tertiary/aromatic N) is 2. The van der Waals surface area contributed by atoms with Crippen LogP contribution in [0.25, 0.3) is 11.0 Å². The minimum atomic E-state index is -3.56. The summed E-state index contributed by atoms with van der Waals surface area (Å²) in [6.07, 6.45) is 1.87. The normalized spacial score (nSPS) is 14.9. The zero-order chi connectivity index (χ0) is 21.1. The summed E-state index contributed by atoms with van der Waals surface area (Å²) in [5.74, 6) is -0.159. The third-order valence-corrected chi connectivity index (χ3v) is 7.24. The first-order valence-corrected chi connectivity index (χ1v) is 11.4. The van der Waals surface area contributed by atoms with Crippen molar-refractivity contribution >= 4 is 27.0 Å². The third kappa shape index (κ3) is 4.17. The summed E-state index contributed by atoms with van der Waals surface area (Å²) >= 11 is 0. The molecule has 1 saturated heterocycles. The molecular weight excluding hydrogens is 404 g/mol. The van der Waals surface area contributed by atoms with Gasteiger partial charge in [-0.05, 0) is 36.6 Å². The Labute approximate surface area is 174 Å². The molecule has 0 radical (unpaired) electrons. The number of hydrogen-bond donors (Lipinski definition) is 2. The van der Waals surface area contributed by atoms with Crippen molar-refractivity contribution in [2.75, 3.05) is 13.1 Å². The number of aromatic nitrogens is 2. The lowest BCUT2D eigenvalue weighted by atomic mass is 10.2. The summed E-state index contributed by atoms with van der Waals surface area (Å²) in [7, 11) is -3.56. The van der Waals surface area contributed by atoms with Crippen molar-refractivity contribution < 1.29 is 13.2 Å². The average molecular weight is 429 g/mol. The fraction of sp³-hybridized carbons (Fsp3) is 0.333. The molecule has 30 heavy (non-hydrogen) atoms. The number of aromatic amines is 1. The fourth-order valence-corrected chi connectivity index (χ4v) is 5.24. The van der Waals surface area contributed by atoms with Crippen molar-refractivity contribution in [2.45, 2.75) is 37.2 Å². The quantitative estimate of drug-likeness (QED) is 0.599. The monoisotopic (exact) mass is 428 g/mol. The van der Waals surface area contributed by atoms with Crippen molar-refractivity contribution in [2.24, 2.45) is 0 Å². The van der Waals surface area contributed by atoms with E-state index < -0.39 is 10.0 Å². The largest absolute Gasteiger partial charge is 0.352 e. The van der Waals surface area contributed by atoms with Crippen molar-refractivity contribution in [3.05, 3.63) is 64.6 Å². The van der Waals surface area contributed by atoms with Crippen LogP contribution >= 0.6 is 0 Å². The van der Waals surface area contributed by atoms with Crippen LogP contribution in [-0.4, -0.2) is 41.3 Å². The highest BCUT2D eigenvalue weighted by molar-refractivity contribution is 7.89. The third-order valence-electron chi connectivity index (χ3n) is 5.34. The van der Waals surface area contributed by atoms with Crippen molar-refractivity contribution in [3.63, 3.8) is 0 Å². The molecule has 1 aromatic heterocycles. The van der Waals surface area contributed by atoms with Crippen molar-refractivity contribution in [1.82, 2.24) is 19.2 Å². The number of fused-ring (bicyclic) bond motifs is 1. The van der Waals surface area contributed by atoms with Gasteiger partial charge in [0.15, 0.2) is 0 Å². The van der Waals surface area contributed by atoms with Crippen LogP contribution < -0.4 is 11.0 Å². The Morgan fingerprint density at radius 2 is 1.80 bits per heavy atom. The van der Waals surface area contributed by atoms with Gasteiger partial charge >= 0.3 is 5.69 Å². The predicted molar refractivity (Wildman–Crippen MR) is 113 cm³/mol. The summed E-state index contributed by atoms with van der Waals surface area (Å²) in [6.45, 7) is 1.68. The fourth-order valence-electron chi connectivity index (χ4n) is 3.70. The molecule has 8 nitrogen and oxygen atoms in total. The number of sulfonamides is 1. The molecule has 0 atom stereocenters. The Morgan fingerprint density at radius 1 is 1.07 bits per heavy atom. The molecule has 158 valence electrons. The van der Waals surface area contributed by atoms with E-state index in [9.17, 15) is 18.0 Å². The van der Waals surface area contributed by atoms with E-state index in [-0.39, 0.29) is 29.5 Å². The lowest BCUT2D eigenvalue weighted by molar-refractivity contribution is -0.121. The van der Waals surface area contributed by atoms with E-state index in [0.29, 0.717) is 30.7 Å². The van der Waals surface area contributed by atoms with Gasteiger partial charge in [-0.25, -0.2) is 13.2 Å². The number of amides is 1. The Kier molecular flexibility index (Phi) is 5.74. The van der Waals surface area contributed by atoms with Crippen LogP contribution in [0.2, 0.25) is 0 Å². The summed E-state index contributed by atoms with van der Waals surface area (Å²) in [6, 6.07) is 14.2. The maximum Gasteiger partial charge on any atom is 0.326 e. The van der Waals surface area contributed by atoms with Gasteiger partial charge in [-0.1, -0.05) is 30.3 Å². The smallest absolute Gasteiger partial charge is 0.326 e. The molecule has 0 saturated carbocycles. The Balaban J connectivity index is 1.46. The molecule has 1 fully saturated rings. The molecule has 4 rings (SSSR count). The molecule has 1 aliphatic rings. The summed E-state index contributed by atoms with van der Waals surface area (Å²) in [5.41, 5.74) is 1.67. The van der Waals surface area contributed by atoms with Crippen LogP contribution in [0, 0.1) is 0 Å². The van der Waals surface area contributed by atoms with E-state index in [4.69, 9.17) is 0 Å². The van der Waals surface area contributed by atoms with E-state index in [1.807, 2.05) is 30.3 Å². The minimum absolute atomic E-state index is 0.146. The highest BCUT2D eigenvalue weighted by atomic mass is 32.2. The number of nitrogens with one attached hydrogen (secondary N) is 2. The lowest BCUT2D eigenvalue weighted by Crippen LogP contribution is -2.27. The summed E-state index contributed by atoms with van der Waals surface area (Å²) in [5, 5.41) is 2.84. The molecule has 0 unspecified atom stereocenters. The van der Waals surface area contributed by atoms with Crippen LogP contribution in [0.3, 0.4) is 0 Å².